The highest BCUT2D eigenvalue weighted by atomic mass is 19.2. The number of halogens is 2. The van der Waals surface area contributed by atoms with Crippen molar-refractivity contribution in [3.05, 3.63) is 35.4 Å². The number of amides is 1. The van der Waals surface area contributed by atoms with Crippen LogP contribution in [0.15, 0.2) is 18.2 Å². The highest BCUT2D eigenvalue weighted by molar-refractivity contribution is 5.76. The maximum Gasteiger partial charge on any atom is 0.220 e. The number of nitrogens with one attached hydrogen (secondary N) is 1. The molecule has 0 saturated carbocycles. The predicted octanol–water partition coefficient (Wildman–Crippen LogP) is 2.66. The van der Waals surface area contributed by atoms with Gasteiger partial charge in [0, 0.05) is 12.5 Å². The molecule has 19 heavy (non-hydrogen) atoms. The van der Waals surface area contributed by atoms with E-state index in [0.29, 0.717) is 18.4 Å². The molecule has 106 valence electrons. The molecule has 0 fully saturated rings. The van der Waals surface area contributed by atoms with Gasteiger partial charge >= 0.3 is 0 Å². The molecule has 0 bridgehead atoms. The predicted molar refractivity (Wildman–Crippen MR) is 70.4 cm³/mol. The van der Waals surface area contributed by atoms with Crippen LogP contribution in [0.2, 0.25) is 0 Å². The molecule has 0 aliphatic carbocycles. The topological polar surface area (TPSA) is 55.1 Å². The van der Waals surface area contributed by atoms with Gasteiger partial charge in [-0.25, -0.2) is 8.78 Å². The third kappa shape index (κ3) is 5.34. The van der Waals surface area contributed by atoms with Crippen molar-refractivity contribution in [2.24, 2.45) is 5.73 Å². The van der Waals surface area contributed by atoms with E-state index in [9.17, 15) is 13.6 Å². The summed E-state index contributed by atoms with van der Waals surface area (Å²) < 4.78 is 25.9. The SMILES string of the molecule is CC(N)CCCC(=O)NC(C)c1ccc(F)c(F)c1. The summed E-state index contributed by atoms with van der Waals surface area (Å²) in [7, 11) is 0. The lowest BCUT2D eigenvalue weighted by Crippen LogP contribution is -2.27. The van der Waals surface area contributed by atoms with Crippen molar-refractivity contribution in [3.63, 3.8) is 0 Å². The van der Waals surface area contributed by atoms with Gasteiger partial charge in [0.15, 0.2) is 11.6 Å². The molecule has 2 unspecified atom stereocenters. The third-order valence-corrected chi connectivity index (χ3v) is 2.88. The molecule has 3 N–H and O–H groups in total. The summed E-state index contributed by atoms with van der Waals surface area (Å²) in [5, 5.41) is 2.75. The minimum atomic E-state index is -0.907. The Bertz CT molecular complexity index is 435. The number of carbonyl (C=O) groups is 1. The summed E-state index contributed by atoms with van der Waals surface area (Å²) in [4.78, 5) is 11.6. The van der Waals surface area contributed by atoms with E-state index < -0.39 is 11.6 Å². The Morgan fingerprint density at radius 3 is 2.58 bits per heavy atom. The van der Waals surface area contributed by atoms with Gasteiger partial charge in [-0.05, 0) is 44.4 Å². The van der Waals surface area contributed by atoms with Crippen molar-refractivity contribution in [2.75, 3.05) is 0 Å². The van der Waals surface area contributed by atoms with Crippen molar-refractivity contribution in [3.8, 4) is 0 Å². The fourth-order valence-electron chi connectivity index (χ4n) is 1.76. The van der Waals surface area contributed by atoms with Crippen LogP contribution >= 0.6 is 0 Å². The molecule has 1 aromatic carbocycles. The Kier molecular flexibility index (Phi) is 5.89. The van der Waals surface area contributed by atoms with Crippen LogP contribution in [0.3, 0.4) is 0 Å². The van der Waals surface area contributed by atoms with Crippen LogP contribution in [0.25, 0.3) is 0 Å². The van der Waals surface area contributed by atoms with Gasteiger partial charge in [-0.2, -0.15) is 0 Å². The summed E-state index contributed by atoms with van der Waals surface area (Å²) in [5.41, 5.74) is 6.13. The van der Waals surface area contributed by atoms with Gasteiger partial charge in [-0.3, -0.25) is 4.79 Å². The van der Waals surface area contributed by atoms with Crippen LogP contribution < -0.4 is 11.1 Å². The van der Waals surface area contributed by atoms with Gasteiger partial charge in [-0.1, -0.05) is 6.07 Å². The van der Waals surface area contributed by atoms with Crippen LogP contribution in [0.4, 0.5) is 8.78 Å². The molecule has 1 rings (SSSR count). The fourth-order valence-corrected chi connectivity index (χ4v) is 1.76. The summed E-state index contributed by atoms with van der Waals surface area (Å²) >= 11 is 0. The largest absolute Gasteiger partial charge is 0.350 e. The van der Waals surface area contributed by atoms with E-state index in [2.05, 4.69) is 5.32 Å². The summed E-state index contributed by atoms with van der Waals surface area (Å²) in [6.45, 7) is 3.62. The van der Waals surface area contributed by atoms with E-state index in [1.54, 1.807) is 6.92 Å². The quantitative estimate of drug-likeness (QED) is 0.835. The molecule has 0 saturated heterocycles. The van der Waals surface area contributed by atoms with E-state index in [1.165, 1.54) is 6.07 Å². The van der Waals surface area contributed by atoms with Crippen molar-refractivity contribution in [1.82, 2.24) is 5.32 Å². The van der Waals surface area contributed by atoms with Crippen molar-refractivity contribution >= 4 is 5.91 Å². The lowest BCUT2D eigenvalue weighted by molar-refractivity contribution is -0.121. The first-order valence-electron chi connectivity index (χ1n) is 6.40. The standard InChI is InChI=1S/C14H20F2N2O/c1-9(17)4-3-5-14(19)18-10(2)11-6-7-12(15)13(16)8-11/h6-10H,3-5,17H2,1-2H3,(H,18,19). The maximum absolute atomic E-state index is 13.1. The third-order valence-electron chi connectivity index (χ3n) is 2.88. The molecule has 2 atom stereocenters. The molecule has 0 aliphatic heterocycles. The molecule has 3 nitrogen and oxygen atoms in total. The normalized spacial score (nSPS) is 13.9. The van der Waals surface area contributed by atoms with E-state index in [4.69, 9.17) is 5.73 Å². The van der Waals surface area contributed by atoms with E-state index in [0.717, 1.165) is 18.6 Å². The second-order valence-electron chi connectivity index (χ2n) is 4.83. The monoisotopic (exact) mass is 270 g/mol. The lowest BCUT2D eigenvalue weighted by Gasteiger charge is -2.15. The first-order chi connectivity index (χ1) is 8.90. The Labute approximate surface area is 112 Å². The van der Waals surface area contributed by atoms with Crippen molar-refractivity contribution in [1.29, 1.82) is 0 Å². The molecular formula is C14H20F2N2O. The van der Waals surface area contributed by atoms with Crippen LogP contribution in [0, 0.1) is 11.6 Å². The molecule has 0 aliphatic rings. The summed E-state index contributed by atoms with van der Waals surface area (Å²) in [5.74, 6) is -1.91. The minimum absolute atomic E-state index is 0.0800. The van der Waals surface area contributed by atoms with Crippen LogP contribution in [-0.4, -0.2) is 11.9 Å². The van der Waals surface area contributed by atoms with Crippen LogP contribution in [0.1, 0.15) is 44.7 Å². The summed E-state index contributed by atoms with van der Waals surface area (Å²) in [6.07, 6.45) is 1.89. The second kappa shape index (κ2) is 7.19. The van der Waals surface area contributed by atoms with E-state index in [1.807, 2.05) is 6.92 Å². The lowest BCUT2D eigenvalue weighted by atomic mass is 10.1. The number of hydrogen-bond donors (Lipinski definition) is 2. The van der Waals surface area contributed by atoms with E-state index in [-0.39, 0.29) is 18.0 Å². The van der Waals surface area contributed by atoms with E-state index >= 15 is 0 Å². The maximum atomic E-state index is 13.1. The second-order valence-corrected chi connectivity index (χ2v) is 4.83. The van der Waals surface area contributed by atoms with Crippen LogP contribution in [-0.2, 0) is 4.79 Å². The Morgan fingerprint density at radius 1 is 1.32 bits per heavy atom. The molecule has 0 heterocycles. The van der Waals surface area contributed by atoms with Crippen molar-refractivity contribution in [2.45, 2.75) is 45.2 Å². The first-order valence-corrected chi connectivity index (χ1v) is 6.40. The van der Waals surface area contributed by atoms with Gasteiger partial charge in [0.1, 0.15) is 0 Å². The number of nitrogens with two attached hydrogens (primary N) is 1. The van der Waals surface area contributed by atoms with Gasteiger partial charge in [-0.15, -0.1) is 0 Å². The molecular weight excluding hydrogens is 250 g/mol. The zero-order chi connectivity index (χ0) is 14.4. The van der Waals surface area contributed by atoms with Gasteiger partial charge in [0.2, 0.25) is 5.91 Å². The number of benzene rings is 1. The van der Waals surface area contributed by atoms with Gasteiger partial charge in [0.25, 0.3) is 0 Å². The minimum Gasteiger partial charge on any atom is -0.350 e. The smallest absolute Gasteiger partial charge is 0.220 e. The molecule has 0 spiro atoms. The number of rotatable bonds is 6. The van der Waals surface area contributed by atoms with Crippen LogP contribution in [0.5, 0.6) is 0 Å². The van der Waals surface area contributed by atoms with Gasteiger partial charge in [0.05, 0.1) is 6.04 Å². The Balaban J connectivity index is 2.47. The number of hydrogen-bond acceptors (Lipinski definition) is 2. The summed E-state index contributed by atoms with van der Waals surface area (Å²) in [6, 6.07) is 3.35. The number of carbonyl (C=O) groups excluding carboxylic acids is 1. The molecule has 5 heteroatoms. The highest BCUT2D eigenvalue weighted by Gasteiger charge is 2.12. The average molecular weight is 270 g/mol. The van der Waals surface area contributed by atoms with Crippen molar-refractivity contribution < 1.29 is 13.6 Å². The first kappa shape index (κ1) is 15.6. The Hall–Kier alpha value is -1.49. The molecule has 0 aromatic heterocycles. The molecule has 0 radical (unpaired) electrons. The van der Waals surface area contributed by atoms with Gasteiger partial charge < -0.3 is 11.1 Å². The Morgan fingerprint density at radius 2 is 2.00 bits per heavy atom. The zero-order valence-corrected chi connectivity index (χ0v) is 11.2. The molecule has 1 amide bonds. The molecule has 1 aromatic rings. The fraction of sp³-hybridized carbons (Fsp3) is 0.500. The zero-order valence-electron chi connectivity index (χ0n) is 11.2. The highest BCUT2D eigenvalue weighted by Crippen LogP contribution is 2.16. The average Bonchev–Trinajstić information content (AvgIpc) is 2.32.